The molecular formula is C11H12N2OS. The second-order valence-corrected chi connectivity index (χ2v) is 4.71. The third-order valence-corrected chi connectivity index (χ3v) is 3.43. The molecule has 3 nitrogen and oxygen atoms in total. The predicted octanol–water partition coefficient (Wildman–Crippen LogP) is 2.67. The molecule has 78 valence electrons. The van der Waals surface area contributed by atoms with E-state index in [0.29, 0.717) is 5.69 Å². The zero-order valence-electron chi connectivity index (χ0n) is 8.68. The minimum atomic E-state index is 0.124. The third-order valence-electron chi connectivity index (χ3n) is 2.35. The first kappa shape index (κ1) is 10.1. The highest BCUT2D eigenvalue weighted by atomic mass is 32.1. The highest BCUT2D eigenvalue weighted by Gasteiger charge is 2.13. The number of hydrogen-bond acceptors (Lipinski definition) is 3. The van der Waals surface area contributed by atoms with Crippen LogP contribution < -0.4 is 0 Å². The minimum Gasteiger partial charge on any atom is -0.336 e. The van der Waals surface area contributed by atoms with Crippen molar-refractivity contribution < 1.29 is 4.79 Å². The van der Waals surface area contributed by atoms with E-state index < -0.39 is 0 Å². The van der Waals surface area contributed by atoms with Gasteiger partial charge >= 0.3 is 0 Å². The van der Waals surface area contributed by atoms with Crippen molar-refractivity contribution in [2.75, 3.05) is 0 Å². The van der Waals surface area contributed by atoms with E-state index >= 15 is 0 Å². The molecule has 0 saturated heterocycles. The maximum Gasteiger partial charge on any atom is 0.166 e. The highest BCUT2D eigenvalue weighted by molar-refractivity contribution is 7.11. The van der Waals surface area contributed by atoms with Crippen LogP contribution >= 0.6 is 11.3 Å². The van der Waals surface area contributed by atoms with Gasteiger partial charge in [-0.25, -0.2) is 4.98 Å². The van der Waals surface area contributed by atoms with E-state index in [1.54, 1.807) is 11.3 Å². The first-order chi connectivity index (χ1) is 7.22. The smallest absolute Gasteiger partial charge is 0.166 e. The third kappa shape index (κ3) is 1.85. The van der Waals surface area contributed by atoms with Crippen LogP contribution in [0.3, 0.4) is 0 Å². The topological polar surface area (TPSA) is 34.9 Å². The van der Waals surface area contributed by atoms with Gasteiger partial charge in [0.15, 0.2) is 6.29 Å². The van der Waals surface area contributed by atoms with Crippen LogP contribution in [-0.4, -0.2) is 15.8 Å². The first-order valence-corrected chi connectivity index (χ1v) is 5.58. The fraction of sp³-hybridized carbons (Fsp3) is 0.273. The fourth-order valence-corrected chi connectivity index (χ4v) is 2.37. The lowest BCUT2D eigenvalue weighted by Crippen LogP contribution is -2.08. The van der Waals surface area contributed by atoms with Gasteiger partial charge in [0, 0.05) is 17.3 Å². The summed E-state index contributed by atoms with van der Waals surface area (Å²) < 4.78 is 1.94. The van der Waals surface area contributed by atoms with E-state index in [4.69, 9.17) is 0 Å². The van der Waals surface area contributed by atoms with Crippen molar-refractivity contribution in [1.29, 1.82) is 0 Å². The summed E-state index contributed by atoms with van der Waals surface area (Å²) in [7, 11) is 0. The Morgan fingerprint density at radius 3 is 3.00 bits per heavy atom. The lowest BCUT2D eigenvalue weighted by atomic mass is 10.3. The maximum atomic E-state index is 10.8. The molecule has 0 N–H and O–H groups in total. The zero-order valence-corrected chi connectivity index (χ0v) is 9.49. The summed E-state index contributed by atoms with van der Waals surface area (Å²) in [5.41, 5.74) is 0.690. The molecule has 0 radical (unpaired) electrons. The maximum absolute atomic E-state index is 10.8. The van der Waals surface area contributed by atoms with Gasteiger partial charge in [0.1, 0.15) is 5.01 Å². The minimum absolute atomic E-state index is 0.124. The van der Waals surface area contributed by atoms with Gasteiger partial charge < -0.3 is 4.57 Å². The zero-order chi connectivity index (χ0) is 10.8. The van der Waals surface area contributed by atoms with Gasteiger partial charge in [0.2, 0.25) is 0 Å². The van der Waals surface area contributed by atoms with Gasteiger partial charge in [-0.3, -0.25) is 4.79 Å². The standard InChI is InChI=1S/C11H12N2OS/c1-8-6-12-11(15-8)9(2)13-5-3-4-10(13)7-14/h3-7,9H,1-2H3. The number of hydrogen-bond donors (Lipinski definition) is 0. The molecule has 0 aromatic carbocycles. The number of carbonyl (C=O) groups is 1. The lowest BCUT2D eigenvalue weighted by molar-refractivity contribution is 0.111. The molecule has 2 aromatic heterocycles. The van der Waals surface area contributed by atoms with E-state index in [1.807, 2.05) is 42.9 Å². The van der Waals surface area contributed by atoms with Gasteiger partial charge in [-0.05, 0) is 26.0 Å². The summed E-state index contributed by atoms with van der Waals surface area (Å²) in [6, 6.07) is 3.81. The van der Waals surface area contributed by atoms with E-state index in [9.17, 15) is 4.79 Å². The van der Waals surface area contributed by atoms with Crippen LogP contribution in [-0.2, 0) is 0 Å². The van der Waals surface area contributed by atoms with Crippen molar-refractivity contribution in [3.8, 4) is 0 Å². The van der Waals surface area contributed by atoms with Crippen LogP contribution in [0.25, 0.3) is 0 Å². The van der Waals surface area contributed by atoms with Crippen molar-refractivity contribution in [3.05, 3.63) is 40.1 Å². The monoisotopic (exact) mass is 220 g/mol. The van der Waals surface area contributed by atoms with Crippen LogP contribution in [0.2, 0.25) is 0 Å². The molecule has 4 heteroatoms. The molecular weight excluding hydrogens is 208 g/mol. The number of thiazole rings is 1. The molecule has 15 heavy (non-hydrogen) atoms. The molecule has 0 fully saturated rings. The average Bonchev–Trinajstić information content (AvgIpc) is 2.84. The number of aldehydes is 1. The SMILES string of the molecule is Cc1cnc(C(C)n2cccc2C=O)s1. The largest absolute Gasteiger partial charge is 0.336 e. The number of rotatable bonds is 3. The van der Waals surface area contributed by atoms with E-state index in [1.165, 1.54) is 4.88 Å². The second-order valence-electron chi connectivity index (χ2n) is 3.44. The van der Waals surface area contributed by atoms with Crippen molar-refractivity contribution in [1.82, 2.24) is 9.55 Å². The Bertz CT molecular complexity index is 472. The molecule has 0 amide bonds. The molecule has 2 heterocycles. The van der Waals surface area contributed by atoms with Crippen LogP contribution in [0, 0.1) is 6.92 Å². The van der Waals surface area contributed by atoms with E-state index in [2.05, 4.69) is 4.98 Å². The molecule has 2 rings (SSSR count). The summed E-state index contributed by atoms with van der Waals surface area (Å²) in [4.78, 5) is 16.3. The van der Waals surface area contributed by atoms with E-state index in [0.717, 1.165) is 11.3 Å². The van der Waals surface area contributed by atoms with Gasteiger partial charge in [-0.2, -0.15) is 0 Å². The molecule has 0 saturated carbocycles. The molecule has 0 aliphatic rings. The van der Waals surface area contributed by atoms with E-state index in [-0.39, 0.29) is 6.04 Å². The summed E-state index contributed by atoms with van der Waals surface area (Å²) in [5.74, 6) is 0. The van der Waals surface area contributed by atoms with Crippen LogP contribution in [0.4, 0.5) is 0 Å². The average molecular weight is 220 g/mol. The van der Waals surface area contributed by atoms with Gasteiger partial charge in [0.05, 0.1) is 11.7 Å². The predicted molar refractivity (Wildman–Crippen MR) is 60.5 cm³/mol. The fourth-order valence-electron chi connectivity index (χ4n) is 1.54. The van der Waals surface area contributed by atoms with Crippen molar-refractivity contribution in [3.63, 3.8) is 0 Å². The molecule has 1 unspecified atom stereocenters. The normalized spacial score (nSPS) is 12.7. The quantitative estimate of drug-likeness (QED) is 0.745. The second kappa shape index (κ2) is 3.98. The first-order valence-electron chi connectivity index (χ1n) is 4.76. The van der Waals surface area contributed by atoms with Crippen molar-refractivity contribution >= 4 is 17.6 Å². The Morgan fingerprint density at radius 1 is 1.60 bits per heavy atom. The molecule has 0 aliphatic heterocycles. The summed E-state index contributed by atoms with van der Waals surface area (Å²) in [6.45, 7) is 4.08. The van der Waals surface area contributed by atoms with Gasteiger partial charge in [-0.15, -0.1) is 11.3 Å². The Balaban J connectivity index is 2.35. The summed E-state index contributed by atoms with van der Waals surface area (Å²) in [5, 5.41) is 1.03. The van der Waals surface area contributed by atoms with Crippen LogP contribution in [0.1, 0.15) is 33.3 Å². The summed E-state index contributed by atoms with van der Waals surface area (Å²) in [6.07, 6.45) is 4.64. The van der Waals surface area contributed by atoms with Crippen molar-refractivity contribution in [2.45, 2.75) is 19.9 Å². The Labute approximate surface area is 92.4 Å². The number of aromatic nitrogens is 2. The molecule has 0 bridgehead atoms. The number of aryl methyl sites for hydroxylation is 1. The Morgan fingerprint density at radius 2 is 2.40 bits per heavy atom. The Kier molecular flexibility index (Phi) is 2.68. The van der Waals surface area contributed by atoms with Crippen LogP contribution in [0.15, 0.2) is 24.5 Å². The molecule has 0 spiro atoms. The van der Waals surface area contributed by atoms with Gasteiger partial charge in [0.25, 0.3) is 0 Å². The highest BCUT2D eigenvalue weighted by Crippen LogP contribution is 2.23. The Hall–Kier alpha value is -1.42. The van der Waals surface area contributed by atoms with Gasteiger partial charge in [-0.1, -0.05) is 0 Å². The molecule has 1 atom stereocenters. The number of carbonyl (C=O) groups excluding carboxylic acids is 1. The molecule has 0 aliphatic carbocycles. The van der Waals surface area contributed by atoms with Crippen LogP contribution in [0.5, 0.6) is 0 Å². The summed E-state index contributed by atoms with van der Waals surface area (Å²) >= 11 is 1.67. The number of nitrogens with zero attached hydrogens (tertiary/aromatic N) is 2. The lowest BCUT2D eigenvalue weighted by Gasteiger charge is -2.12. The molecule has 2 aromatic rings. The van der Waals surface area contributed by atoms with Crippen molar-refractivity contribution in [2.24, 2.45) is 0 Å².